The van der Waals surface area contributed by atoms with Crippen LogP contribution < -0.4 is 4.57 Å². The molecule has 0 bridgehead atoms. The molecule has 0 aliphatic carbocycles. The third kappa shape index (κ3) is 2.33. The van der Waals surface area contributed by atoms with Crippen LogP contribution >= 0.6 is 0 Å². The summed E-state index contributed by atoms with van der Waals surface area (Å²) in [7, 11) is 0. The number of pyridine rings is 1. The molecule has 0 saturated carbocycles. The van der Waals surface area contributed by atoms with Gasteiger partial charge >= 0.3 is 5.97 Å². The lowest BCUT2D eigenvalue weighted by Crippen LogP contribution is -2.33. The predicted octanol–water partition coefficient (Wildman–Crippen LogP) is 0.553. The van der Waals surface area contributed by atoms with Gasteiger partial charge in [-0.1, -0.05) is 0 Å². The molecule has 0 aliphatic rings. The SMILES string of the molecule is O=C(O)CC[n+]1ccc(-c2cncc3ncnn23)cc1. The second kappa shape index (κ2) is 5.04. The quantitative estimate of drug-likeness (QED) is 0.700. The number of aromatic nitrogens is 5. The van der Waals surface area contributed by atoms with Crippen LogP contribution in [0.3, 0.4) is 0 Å². The molecule has 100 valence electrons. The van der Waals surface area contributed by atoms with Gasteiger partial charge in [0.2, 0.25) is 0 Å². The molecular weight excluding hydrogens is 258 g/mol. The summed E-state index contributed by atoms with van der Waals surface area (Å²) in [5.41, 5.74) is 2.47. The van der Waals surface area contributed by atoms with Crippen molar-refractivity contribution in [3.63, 3.8) is 0 Å². The lowest BCUT2D eigenvalue weighted by Gasteiger charge is -2.02. The van der Waals surface area contributed by atoms with Gasteiger partial charge in [-0.15, -0.1) is 0 Å². The van der Waals surface area contributed by atoms with Crippen molar-refractivity contribution in [2.45, 2.75) is 13.0 Å². The predicted molar refractivity (Wildman–Crippen MR) is 68.7 cm³/mol. The van der Waals surface area contributed by atoms with Gasteiger partial charge in [0.05, 0.1) is 18.1 Å². The third-order valence-corrected chi connectivity index (χ3v) is 2.96. The van der Waals surface area contributed by atoms with E-state index in [1.54, 1.807) is 16.9 Å². The molecule has 0 spiro atoms. The molecule has 3 aromatic heterocycles. The van der Waals surface area contributed by atoms with E-state index >= 15 is 0 Å². The summed E-state index contributed by atoms with van der Waals surface area (Å²) in [6.45, 7) is 0.446. The number of fused-ring (bicyclic) bond motifs is 1. The molecule has 0 atom stereocenters. The fraction of sp³-hybridized carbons (Fsp3) is 0.154. The number of hydrogen-bond acceptors (Lipinski definition) is 4. The second-order valence-corrected chi connectivity index (χ2v) is 4.29. The van der Waals surface area contributed by atoms with Crippen molar-refractivity contribution in [3.8, 4) is 11.3 Å². The van der Waals surface area contributed by atoms with Crippen molar-refractivity contribution in [3.05, 3.63) is 43.2 Å². The van der Waals surface area contributed by atoms with E-state index in [1.165, 1.54) is 6.33 Å². The average molecular weight is 270 g/mol. The molecule has 0 radical (unpaired) electrons. The third-order valence-electron chi connectivity index (χ3n) is 2.96. The number of carboxylic acids is 1. The number of hydrogen-bond donors (Lipinski definition) is 1. The Morgan fingerprint density at radius 3 is 2.85 bits per heavy atom. The first-order valence-electron chi connectivity index (χ1n) is 6.09. The summed E-state index contributed by atoms with van der Waals surface area (Å²) in [5, 5.41) is 12.8. The highest BCUT2D eigenvalue weighted by Crippen LogP contribution is 2.16. The number of carbonyl (C=O) groups is 1. The van der Waals surface area contributed by atoms with Gasteiger partial charge in [-0.05, 0) is 0 Å². The largest absolute Gasteiger partial charge is 0.481 e. The Hall–Kier alpha value is -2.83. The molecule has 0 aromatic carbocycles. The van der Waals surface area contributed by atoms with Crippen LogP contribution in [0.1, 0.15) is 6.42 Å². The number of aliphatic carboxylic acids is 1. The fourth-order valence-electron chi connectivity index (χ4n) is 1.95. The normalized spacial score (nSPS) is 10.8. The summed E-state index contributed by atoms with van der Waals surface area (Å²) >= 11 is 0. The van der Waals surface area contributed by atoms with E-state index in [2.05, 4.69) is 15.1 Å². The Morgan fingerprint density at radius 1 is 1.30 bits per heavy atom. The topological polar surface area (TPSA) is 84.3 Å². The molecule has 20 heavy (non-hydrogen) atoms. The van der Waals surface area contributed by atoms with Gasteiger partial charge in [0.1, 0.15) is 12.7 Å². The molecule has 0 aliphatic heterocycles. The van der Waals surface area contributed by atoms with E-state index in [-0.39, 0.29) is 6.42 Å². The maximum absolute atomic E-state index is 10.5. The first-order chi connectivity index (χ1) is 9.74. The van der Waals surface area contributed by atoms with Crippen LogP contribution in [-0.2, 0) is 11.3 Å². The van der Waals surface area contributed by atoms with Gasteiger partial charge in [0.15, 0.2) is 24.6 Å². The average Bonchev–Trinajstić information content (AvgIpc) is 2.94. The summed E-state index contributed by atoms with van der Waals surface area (Å²) in [4.78, 5) is 18.8. The molecule has 0 saturated heterocycles. The standard InChI is InChI=1S/C13H11N5O2/c19-13(20)3-6-17-4-1-10(2-5-17)11-7-14-8-12-15-9-16-18(11)12/h1-2,4-5,7-9H,3,6H2/p+1. The lowest BCUT2D eigenvalue weighted by molar-refractivity contribution is -0.695. The van der Waals surface area contributed by atoms with Crippen LogP contribution in [0.2, 0.25) is 0 Å². The van der Waals surface area contributed by atoms with E-state index in [9.17, 15) is 4.79 Å². The van der Waals surface area contributed by atoms with Crippen molar-refractivity contribution in [1.82, 2.24) is 19.6 Å². The van der Waals surface area contributed by atoms with Crippen LogP contribution in [0.5, 0.6) is 0 Å². The highest BCUT2D eigenvalue weighted by atomic mass is 16.4. The minimum Gasteiger partial charge on any atom is -0.481 e. The van der Waals surface area contributed by atoms with Crippen LogP contribution in [-0.4, -0.2) is 30.7 Å². The van der Waals surface area contributed by atoms with E-state index in [1.807, 2.05) is 29.1 Å². The number of aryl methyl sites for hydroxylation is 1. The van der Waals surface area contributed by atoms with Crippen molar-refractivity contribution in [2.75, 3.05) is 0 Å². The maximum Gasteiger partial charge on any atom is 0.309 e. The first kappa shape index (κ1) is 12.2. The van der Waals surface area contributed by atoms with Gasteiger partial charge in [0, 0.05) is 17.7 Å². The van der Waals surface area contributed by atoms with Gasteiger partial charge < -0.3 is 5.11 Å². The zero-order valence-electron chi connectivity index (χ0n) is 10.5. The molecule has 3 aromatic rings. The van der Waals surface area contributed by atoms with Gasteiger partial charge in [-0.3, -0.25) is 9.78 Å². The van der Waals surface area contributed by atoms with E-state index in [0.717, 1.165) is 11.3 Å². The Balaban J connectivity index is 1.91. The number of nitrogens with zero attached hydrogens (tertiary/aromatic N) is 5. The van der Waals surface area contributed by atoms with Crippen molar-refractivity contribution < 1.29 is 14.5 Å². The maximum atomic E-state index is 10.5. The zero-order valence-corrected chi connectivity index (χ0v) is 10.5. The summed E-state index contributed by atoms with van der Waals surface area (Å²) in [6.07, 6.45) is 8.63. The fourth-order valence-corrected chi connectivity index (χ4v) is 1.95. The Bertz CT molecular complexity index is 751. The molecule has 3 heterocycles. The summed E-state index contributed by atoms with van der Waals surface area (Å²) in [5.74, 6) is -0.807. The summed E-state index contributed by atoms with van der Waals surface area (Å²) in [6, 6.07) is 3.81. The molecule has 0 amide bonds. The molecule has 0 fully saturated rings. The molecule has 7 heteroatoms. The van der Waals surface area contributed by atoms with Crippen molar-refractivity contribution in [2.24, 2.45) is 0 Å². The number of carboxylic acid groups (broad SMARTS) is 1. The molecular formula is C13H12N5O2+. The van der Waals surface area contributed by atoms with Crippen LogP contribution in [0.4, 0.5) is 0 Å². The smallest absolute Gasteiger partial charge is 0.309 e. The molecule has 7 nitrogen and oxygen atoms in total. The Morgan fingerprint density at radius 2 is 2.10 bits per heavy atom. The number of rotatable bonds is 4. The van der Waals surface area contributed by atoms with Crippen LogP contribution in [0.15, 0.2) is 43.2 Å². The molecule has 0 unspecified atom stereocenters. The second-order valence-electron chi connectivity index (χ2n) is 4.29. The van der Waals surface area contributed by atoms with Gasteiger partial charge in [0.25, 0.3) is 0 Å². The Labute approximate surface area is 114 Å². The van der Waals surface area contributed by atoms with Gasteiger partial charge in [-0.25, -0.2) is 14.1 Å². The monoisotopic (exact) mass is 270 g/mol. The minimum absolute atomic E-state index is 0.101. The van der Waals surface area contributed by atoms with E-state index in [0.29, 0.717) is 12.2 Å². The van der Waals surface area contributed by atoms with Crippen molar-refractivity contribution in [1.29, 1.82) is 0 Å². The van der Waals surface area contributed by atoms with E-state index in [4.69, 9.17) is 5.11 Å². The highest BCUT2D eigenvalue weighted by Gasteiger charge is 2.09. The van der Waals surface area contributed by atoms with Gasteiger partial charge in [-0.2, -0.15) is 5.10 Å². The molecule has 1 N–H and O–H groups in total. The van der Waals surface area contributed by atoms with Crippen LogP contribution in [0, 0.1) is 0 Å². The highest BCUT2D eigenvalue weighted by molar-refractivity contribution is 5.66. The van der Waals surface area contributed by atoms with Crippen molar-refractivity contribution >= 4 is 11.6 Å². The minimum atomic E-state index is -0.807. The van der Waals surface area contributed by atoms with Crippen LogP contribution in [0.25, 0.3) is 16.9 Å². The molecule has 3 rings (SSSR count). The lowest BCUT2D eigenvalue weighted by atomic mass is 10.2. The Kier molecular flexibility index (Phi) is 3.08. The first-order valence-corrected chi connectivity index (χ1v) is 6.09. The van der Waals surface area contributed by atoms with E-state index < -0.39 is 5.97 Å². The zero-order chi connectivity index (χ0) is 13.9. The summed E-state index contributed by atoms with van der Waals surface area (Å²) < 4.78 is 3.54.